The Morgan fingerprint density at radius 2 is 1.93 bits per heavy atom. The van der Waals surface area contributed by atoms with Crippen molar-refractivity contribution in [3.8, 4) is 5.75 Å². The van der Waals surface area contributed by atoms with Crippen LogP contribution in [0.2, 0.25) is 0 Å². The highest BCUT2D eigenvalue weighted by Gasteiger charge is 2.00. The zero-order valence-corrected chi connectivity index (χ0v) is 9.99. The number of aromatic hydroxyl groups is 1. The molecule has 1 N–H and O–H groups in total. The highest BCUT2D eigenvalue weighted by atomic mass is 79.9. The van der Waals surface area contributed by atoms with E-state index in [0.717, 1.165) is 9.37 Å². The normalized spacial score (nSPS) is 10.2. The molecular weight excluding hydrogens is 276 g/mol. The molecule has 0 amide bonds. The van der Waals surface area contributed by atoms with Gasteiger partial charge in [0.15, 0.2) is 5.16 Å². The Morgan fingerprint density at radius 1 is 1.20 bits per heavy atom. The van der Waals surface area contributed by atoms with E-state index in [1.54, 1.807) is 30.6 Å². The fraction of sp³-hybridized carbons (Fsp3) is 0. The number of phenols is 1. The molecule has 0 aliphatic heterocycles. The second-order valence-electron chi connectivity index (χ2n) is 2.78. The highest BCUT2D eigenvalue weighted by Crippen LogP contribution is 2.27. The number of nitrogens with zero attached hydrogens (tertiary/aromatic N) is 2. The van der Waals surface area contributed by atoms with Gasteiger partial charge in [-0.25, -0.2) is 9.97 Å². The van der Waals surface area contributed by atoms with Crippen LogP contribution in [0.5, 0.6) is 5.75 Å². The highest BCUT2D eigenvalue weighted by molar-refractivity contribution is 9.10. The molecule has 0 fully saturated rings. The number of hydrogen-bond acceptors (Lipinski definition) is 4. The van der Waals surface area contributed by atoms with E-state index in [1.165, 1.54) is 11.8 Å². The second-order valence-corrected chi connectivity index (χ2v) is 4.74. The number of hydrogen-bond donors (Lipinski definition) is 1. The topological polar surface area (TPSA) is 46.0 Å². The van der Waals surface area contributed by atoms with Crippen LogP contribution in [0.3, 0.4) is 0 Å². The molecule has 1 heterocycles. The minimum absolute atomic E-state index is 0.247. The van der Waals surface area contributed by atoms with Crippen molar-refractivity contribution in [2.75, 3.05) is 0 Å². The van der Waals surface area contributed by atoms with Gasteiger partial charge in [-0.2, -0.15) is 0 Å². The van der Waals surface area contributed by atoms with Crippen molar-refractivity contribution in [3.05, 3.63) is 41.1 Å². The Kier molecular flexibility index (Phi) is 3.23. The van der Waals surface area contributed by atoms with E-state index < -0.39 is 0 Å². The summed E-state index contributed by atoms with van der Waals surface area (Å²) in [4.78, 5) is 9.17. The summed E-state index contributed by atoms with van der Waals surface area (Å²) in [6.45, 7) is 0. The SMILES string of the molecule is Oc1cccc(Sc2ncc(Br)cn2)c1. The largest absolute Gasteiger partial charge is 0.508 e. The molecule has 0 aliphatic carbocycles. The fourth-order valence-corrected chi connectivity index (χ4v) is 1.96. The maximum atomic E-state index is 9.27. The first kappa shape index (κ1) is 10.4. The van der Waals surface area contributed by atoms with Crippen molar-refractivity contribution < 1.29 is 5.11 Å². The average molecular weight is 283 g/mol. The van der Waals surface area contributed by atoms with Crippen LogP contribution in [-0.2, 0) is 0 Å². The zero-order valence-electron chi connectivity index (χ0n) is 7.59. The first-order valence-electron chi connectivity index (χ1n) is 4.18. The van der Waals surface area contributed by atoms with Gasteiger partial charge in [-0.05, 0) is 45.9 Å². The van der Waals surface area contributed by atoms with Crippen LogP contribution < -0.4 is 0 Å². The fourth-order valence-electron chi connectivity index (χ4n) is 1.01. The molecule has 76 valence electrons. The van der Waals surface area contributed by atoms with Crippen molar-refractivity contribution >= 4 is 27.7 Å². The number of phenolic OH excluding ortho intramolecular Hbond substituents is 1. The van der Waals surface area contributed by atoms with E-state index >= 15 is 0 Å². The third kappa shape index (κ3) is 2.94. The number of benzene rings is 1. The van der Waals surface area contributed by atoms with Gasteiger partial charge >= 0.3 is 0 Å². The first-order chi connectivity index (χ1) is 7.24. The second kappa shape index (κ2) is 4.63. The monoisotopic (exact) mass is 282 g/mol. The molecule has 1 aromatic carbocycles. The molecule has 2 aromatic rings. The summed E-state index contributed by atoms with van der Waals surface area (Å²) in [5.74, 6) is 0.247. The molecule has 2 rings (SSSR count). The minimum atomic E-state index is 0.247. The van der Waals surface area contributed by atoms with E-state index in [0.29, 0.717) is 5.16 Å². The number of halogens is 1. The van der Waals surface area contributed by atoms with Gasteiger partial charge in [-0.15, -0.1) is 0 Å². The number of aromatic nitrogens is 2. The van der Waals surface area contributed by atoms with Gasteiger partial charge < -0.3 is 5.11 Å². The summed E-state index contributed by atoms with van der Waals surface area (Å²) in [5, 5.41) is 9.93. The Balaban J connectivity index is 2.18. The van der Waals surface area contributed by atoms with Crippen LogP contribution in [0, 0.1) is 0 Å². The third-order valence-corrected chi connectivity index (χ3v) is 2.92. The van der Waals surface area contributed by atoms with Crippen LogP contribution in [0.25, 0.3) is 0 Å². The lowest BCUT2D eigenvalue weighted by atomic mass is 10.3. The molecule has 0 aliphatic rings. The molecule has 5 heteroatoms. The minimum Gasteiger partial charge on any atom is -0.508 e. The van der Waals surface area contributed by atoms with Crippen molar-refractivity contribution in [2.24, 2.45) is 0 Å². The van der Waals surface area contributed by atoms with Crippen molar-refractivity contribution in [3.63, 3.8) is 0 Å². The van der Waals surface area contributed by atoms with Gasteiger partial charge in [-0.1, -0.05) is 6.07 Å². The third-order valence-electron chi connectivity index (χ3n) is 1.62. The maximum absolute atomic E-state index is 9.27. The van der Waals surface area contributed by atoms with Gasteiger partial charge in [-0.3, -0.25) is 0 Å². The Labute approximate surface area is 99.7 Å². The summed E-state index contributed by atoms with van der Waals surface area (Å²) in [5.41, 5.74) is 0. The van der Waals surface area contributed by atoms with E-state index in [-0.39, 0.29) is 5.75 Å². The maximum Gasteiger partial charge on any atom is 0.192 e. The standard InChI is InChI=1S/C10H7BrN2OS/c11-7-5-12-10(13-6-7)15-9-3-1-2-8(14)4-9/h1-6,14H. The van der Waals surface area contributed by atoms with Crippen LogP contribution >= 0.6 is 27.7 Å². The van der Waals surface area contributed by atoms with Crippen LogP contribution in [0.4, 0.5) is 0 Å². The predicted octanol–water partition coefficient (Wildman–Crippen LogP) is 3.10. The molecular formula is C10H7BrN2OS. The molecule has 15 heavy (non-hydrogen) atoms. The van der Waals surface area contributed by atoms with Gasteiger partial charge in [0.05, 0.1) is 4.47 Å². The molecule has 3 nitrogen and oxygen atoms in total. The van der Waals surface area contributed by atoms with E-state index in [4.69, 9.17) is 0 Å². The van der Waals surface area contributed by atoms with Crippen LogP contribution in [0.1, 0.15) is 0 Å². The van der Waals surface area contributed by atoms with Gasteiger partial charge in [0.25, 0.3) is 0 Å². The Hall–Kier alpha value is -1.07. The lowest BCUT2D eigenvalue weighted by Gasteiger charge is -2.00. The molecule has 0 saturated carbocycles. The van der Waals surface area contributed by atoms with Gasteiger partial charge in [0.2, 0.25) is 0 Å². The molecule has 0 unspecified atom stereocenters. The van der Waals surface area contributed by atoms with E-state index in [2.05, 4.69) is 25.9 Å². The lowest BCUT2D eigenvalue weighted by Crippen LogP contribution is -1.84. The van der Waals surface area contributed by atoms with Crippen LogP contribution in [-0.4, -0.2) is 15.1 Å². The molecule has 0 bridgehead atoms. The number of rotatable bonds is 2. The molecule has 1 aromatic heterocycles. The van der Waals surface area contributed by atoms with Gasteiger partial charge in [0.1, 0.15) is 5.75 Å². The zero-order chi connectivity index (χ0) is 10.7. The Morgan fingerprint density at radius 3 is 2.60 bits per heavy atom. The summed E-state index contributed by atoms with van der Waals surface area (Å²) < 4.78 is 0.850. The van der Waals surface area contributed by atoms with Gasteiger partial charge in [0, 0.05) is 17.3 Å². The van der Waals surface area contributed by atoms with Crippen LogP contribution in [0.15, 0.2) is 51.2 Å². The van der Waals surface area contributed by atoms with E-state index in [9.17, 15) is 5.11 Å². The Bertz CT molecular complexity index is 461. The summed E-state index contributed by atoms with van der Waals surface area (Å²) >= 11 is 4.68. The van der Waals surface area contributed by atoms with Crippen molar-refractivity contribution in [2.45, 2.75) is 10.1 Å². The molecule has 0 radical (unpaired) electrons. The van der Waals surface area contributed by atoms with Crippen molar-refractivity contribution in [1.82, 2.24) is 9.97 Å². The summed E-state index contributed by atoms with van der Waals surface area (Å²) in [6.07, 6.45) is 3.39. The predicted molar refractivity (Wildman–Crippen MR) is 62.0 cm³/mol. The average Bonchev–Trinajstić information content (AvgIpc) is 2.22. The quantitative estimate of drug-likeness (QED) is 0.860. The first-order valence-corrected chi connectivity index (χ1v) is 5.79. The molecule has 0 saturated heterocycles. The van der Waals surface area contributed by atoms with E-state index in [1.807, 2.05) is 6.07 Å². The lowest BCUT2D eigenvalue weighted by molar-refractivity contribution is 0.474. The van der Waals surface area contributed by atoms with Crippen molar-refractivity contribution in [1.29, 1.82) is 0 Å². The molecule has 0 spiro atoms. The molecule has 0 atom stereocenters. The summed E-state index contributed by atoms with van der Waals surface area (Å²) in [6, 6.07) is 6.99. The summed E-state index contributed by atoms with van der Waals surface area (Å²) in [7, 11) is 0. The smallest absolute Gasteiger partial charge is 0.192 e.